The van der Waals surface area contributed by atoms with Crippen LogP contribution in [0.5, 0.6) is 0 Å². The van der Waals surface area contributed by atoms with Crippen LogP contribution in [-0.2, 0) is 0 Å². The molecule has 14 heavy (non-hydrogen) atoms. The lowest BCUT2D eigenvalue weighted by Crippen LogP contribution is -2.40. The van der Waals surface area contributed by atoms with Crippen LogP contribution >= 0.6 is 0 Å². The molecule has 0 unspecified atom stereocenters. The number of alkyl halides is 2. The van der Waals surface area contributed by atoms with E-state index in [1.54, 1.807) is 11.2 Å². The summed E-state index contributed by atoms with van der Waals surface area (Å²) in [6.45, 7) is 0.621. The minimum absolute atomic E-state index is 0.00653. The van der Waals surface area contributed by atoms with Gasteiger partial charge in [0.05, 0.1) is 0 Å². The molecule has 5 heteroatoms. The van der Waals surface area contributed by atoms with Crippen molar-refractivity contribution in [3.63, 3.8) is 0 Å². The first-order valence-corrected chi connectivity index (χ1v) is 4.90. The molecule has 2 N–H and O–H groups in total. The van der Waals surface area contributed by atoms with Crippen molar-refractivity contribution in [3.05, 3.63) is 12.4 Å². The highest BCUT2D eigenvalue weighted by Crippen LogP contribution is 2.35. The molecular formula is C9H15F2N3. The average molecular weight is 203 g/mol. The van der Waals surface area contributed by atoms with E-state index in [4.69, 9.17) is 5.84 Å². The molecule has 1 aliphatic heterocycles. The molecule has 0 bridgehead atoms. The van der Waals surface area contributed by atoms with Crippen LogP contribution < -0.4 is 5.84 Å². The quantitative estimate of drug-likeness (QED) is 0.655. The van der Waals surface area contributed by atoms with E-state index >= 15 is 0 Å². The normalized spacial score (nSPS) is 27.4. The van der Waals surface area contributed by atoms with Gasteiger partial charge >= 0.3 is 0 Å². The predicted molar refractivity (Wildman–Crippen MR) is 49.1 cm³/mol. The van der Waals surface area contributed by atoms with Crippen LogP contribution in [0.1, 0.15) is 25.7 Å². The molecule has 1 fully saturated rings. The Morgan fingerprint density at radius 2 is 1.86 bits per heavy atom. The van der Waals surface area contributed by atoms with Gasteiger partial charge in [0.1, 0.15) is 6.67 Å². The third kappa shape index (κ3) is 1.97. The van der Waals surface area contributed by atoms with Crippen molar-refractivity contribution in [2.45, 2.75) is 37.6 Å². The van der Waals surface area contributed by atoms with Crippen LogP contribution in [0.15, 0.2) is 12.4 Å². The van der Waals surface area contributed by atoms with Crippen LogP contribution in [0.4, 0.5) is 8.78 Å². The highest BCUT2D eigenvalue weighted by Gasteiger charge is 2.36. The number of hydrogen-bond acceptors (Lipinski definition) is 3. The molecule has 0 aromatic rings. The van der Waals surface area contributed by atoms with Crippen LogP contribution in [0.3, 0.4) is 0 Å². The molecule has 0 aromatic heterocycles. The van der Waals surface area contributed by atoms with Crippen molar-refractivity contribution >= 4 is 0 Å². The van der Waals surface area contributed by atoms with E-state index in [0.29, 0.717) is 19.5 Å². The summed E-state index contributed by atoms with van der Waals surface area (Å²) < 4.78 is 25.7. The lowest BCUT2D eigenvalue weighted by Gasteiger charge is -2.34. The smallest absolute Gasteiger partial charge is 0.248 e. The van der Waals surface area contributed by atoms with Crippen molar-refractivity contribution in [1.29, 1.82) is 0 Å². The molecule has 2 aliphatic rings. The molecule has 3 nitrogen and oxygen atoms in total. The molecule has 2 rings (SSSR count). The van der Waals surface area contributed by atoms with Crippen molar-refractivity contribution in [1.82, 2.24) is 9.91 Å². The summed E-state index contributed by atoms with van der Waals surface area (Å²) >= 11 is 0. The van der Waals surface area contributed by atoms with E-state index in [2.05, 4.69) is 0 Å². The summed E-state index contributed by atoms with van der Waals surface area (Å²) in [5.74, 6) is 3.10. The second-order valence-electron chi connectivity index (χ2n) is 4.06. The third-order valence-electron chi connectivity index (χ3n) is 2.93. The topological polar surface area (TPSA) is 32.5 Å². The number of hydrazine groups is 1. The van der Waals surface area contributed by atoms with Gasteiger partial charge in [0, 0.05) is 31.3 Å². The molecule has 1 saturated carbocycles. The summed E-state index contributed by atoms with van der Waals surface area (Å²) in [6, 6.07) is 0.236. The van der Waals surface area contributed by atoms with Crippen molar-refractivity contribution in [3.8, 4) is 0 Å². The van der Waals surface area contributed by atoms with Crippen LogP contribution in [0, 0.1) is 0 Å². The molecule has 0 radical (unpaired) electrons. The fraction of sp³-hybridized carbons (Fsp3) is 0.778. The molecule has 80 valence electrons. The second kappa shape index (κ2) is 3.38. The molecule has 0 saturated heterocycles. The Labute approximate surface area is 82.1 Å². The Bertz CT molecular complexity index is 232. The first-order chi connectivity index (χ1) is 6.57. The van der Waals surface area contributed by atoms with Gasteiger partial charge in [-0.2, -0.15) is 0 Å². The van der Waals surface area contributed by atoms with Gasteiger partial charge in [-0.15, -0.1) is 0 Å². The number of rotatable bonds is 1. The van der Waals surface area contributed by atoms with Gasteiger partial charge in [0.2, 0.25) is 5.92 Å². The fourth-order valence-corrected chi connectivity index (χ4v) is 2.05. The summed E-state index contributed by atoms with van der Waals surface area (Å²) in [7, 11) is 0. The molecule has 0 aromatic carbocycles. The van der Waals surface area contributed by atoms with Gasteiger partial charge < -0.3 is 4.90 Å². The average Bonchev–Trinajstić information content (AvgIpc) is 2.52. The zero-order valence-electron chi connectivity index (χ0n) is 8.00. The number of nitrogens with two attached hydrogens (primary N) is 1. The van der Waals surface area contributed by atoms with Crippen molar-refractivity contribution in [2.24, 2.45) is 5.84 Å². The van der Waals surface area contributed by atoms with Gasteiger partial charge in [-0.3, -0.25) is 5.01 Å². The van der Waals surface area contributed by atoms with E-state index in [9.17, 15) is 8.78 Å². The van der Waals surface area contributed by atoms with E-state index in [1.807, 2.05) is 11.1 Å². The van der Waals surface area contributed by atoms with Gasteiger partial charge in [-0.1, -0.05) is 0 Å². The molecule has 0 amide bonds. The predicted octanol–water partition coefficient (Wildman–Crippen LogP) is 1.48. The van der Waals surface area contributed by atoms with E-state index < -0.39 is 5.92 Å². The van der Waals surface area contributed by atoms with Gasteiger partial charge in [0.25, 0.3) is 0 Å². The SMILES string of the molecule is NN1C=CN(C2CCC(F)(F)CC2)C1. The lowest BCUT2D eigenvalue weighted by atomic mass is 9.91. The minimum atomic E-state index is -2.44. The van der Waals surface area contributed by atoms with Gasteiger partial charge in [-0.05, 0) is 12.8 Å². The molecule has 1 heterocycles. The monoisotopic (exact) mass is 203 g/mol. The number of hydrogen-bond donors (Lipinski definition) is 1. The first-order valence-electron chi connectivity index (χ1n) is 4.90. The lowest BCUT2D eigenvalue weighted by molar-refractivity contribution is -0.0504. The minimum Gasteiger partial charge on any atom is -0.354 e. The zero-order chi connectivity index (χ0) is 10.2. The Hall–Kier alpha value is -0.840. The highest BCUT2D eigenvalue weighted by molar-refractivity contribution is 4.94. The Balaban J connectivity index is 1.87. The van der Waals surface area contributed by atoms with Crippen LogP contribution in [-0.4, -0.2) is 28.5 Å². The fourth-order valence-electron chi connectivity index (χ4n) is 2.05. The van der Waals surface area contributed by atoms with Gasteiger partial charge in [0.15, 0.2) is 0 Å². The maximum Gasteiger partial charge on any atom is 0.248 e. The molecule has 1 aliphatic carbocycles. The Kier molecular flexibility index (Phi) is 2.34. The number of halogens is 2. The largest absolute Gasteiger partial charge is 0.354 e. The van der Waals surface area contributed by atoms with Crippen LogP contribution in [0.25, 0.3) is 0 Å². The van der Waals surface area contributed by atoms with Crippen molar-refractivity contribution in [2.75, 3.05) is 6.67 Å². The standard InChI is InChI=1S/C9H15F2N3/c10-9(11)3-1-8(2-4-9)13-5-6-14(12)7-13/h5-6,8H,1-4,7,12H2. The van der Waals surface area contributed by atoms with Gasteiger partial charge in [-0.25, -0.2) is 14.6 Å². The van der Waals surface area contributed by atoms with Crippen molar-refractivity contribution < 1.29 is 8.78 Å². The number of nitrogens with zero attached hydrogens (tertiary/aromatic N) is 2. The van der Waals surface area contributed by atoms with E-state index in [1.165, 1.54) is 0 Å². The maximum absolute atomic E-state index is 12.9. The van der Waals surface area contributed by atoms with Crippen LogP contribution in [0.2, 0.25) is 0 Å². The molecule has 0 spiro atoms. The first kappa shape index (κ1) is 9.71. The molecular weight excluding hydrogens is 188 g/mol. The summed E-state index contributed by atoms with van der Waals surface area (Å²) in [5, 5.41) is 1.56. The van der Waals surface area contributed by atoms with E-state index in [-0.39, 0.29) is 18.9 Å². The molecule has 0 atom stereocenters. The zero-order valence-corrected chi connectivity index (χ0v) is 8.00. The Morgan fingerprint density at radius 1 is 1.21 bits per heavy atom. The maximum atomic E-state index is 12.9. The Morgan fingerprint density at radius 3 is 2.36 bits per heavy atom. The summed E-state index contributed by atoms with van der Waals surface area (Å²) in [4.78, 5) is 2.04. The third-order valence-corrected chi connectivity index (χ3v) is 2.93. The summed E-state index contributed by atoms with van der Waals surface area (Å²) in [5.41, 5.74) is 0. The highest BCUT2D eigenvalue weighted by atomic mass is 19.3. The summed E-state index contributed by atoms with van der Waals surface area (Å²) in [6.07, 6.45) is 4.79. The van der Waals surface area contributed by atoms with E-state index in [0.717, 1.165) is 0 Å². The second-order valence-corrected chi connectivity index (χ2v) is 4.06.